The number of para-hydroxylation sites is 1. The van der Waals surface area contributed by atoms with Crippen molar-refractivity contribution in [1.82, 2.24) is 4.31 Å². The maximum atomic E-state index is 14.0. The topological polar surface area (TPSA) is 50.5 Å². The second-order valence-corrected chi connectivity index (χ2v) is 14.3. The number of aryl methyl sites for hydroxylation is 2. The zero-order valence-electron chi connectivity index (χ0n) is 27.3. The fourth-order valence-electron chi connectivity index (χ4n) is 5.53. The molecule has 5 nitrogen and oxygen atoms in total. The summed E-state index contributed by atoms with van der Waals surface area (Å²) in [6.07, 6.45) is 18.4. The molecular formula is C37H54ClN2O3S+. The third-order valence-electron chi connectivity index (χ3n) is 8.14. The third kappa shape index (κ3) is 11.8. The molecule has 3 rings (SSSR count). The Morgan fingerprint density at radius 3 is 2.00 bits per heavy atom. The van der Waals surface area contributed by atoms with E-state index in [9.17, 15) is 8.42 Å². The van der Waals surface area contributed by atoms with Gasteiger partial charge in [0.2, 0.25) is 10.0 Å². The average Bonchev–Trinajstić information content (AvgIpc) is 3.01. The van der Waals surface area contributed by atoms with Gasteiger partial charge in [0.25, 0.3) is 0 Å². The van der Waals surface area contributed by atoms with E-state index in [2.05, 4.69) is 18.4 Å². The predicted octanol–water partition coefficient (Wildman–Crippen LogP) is 9.82. The molecule has 0 aliphatic heterocycles. The summed E-state index contributed by atoms with van der Waals surface area (Å²) in [6, 6.07) is 18.6. The molecule has 242 valence electrons. The van der Waals surface area contributed by atoms with E-state index in [-0.39, 0.29) is 18.0 Å². The molecule has 1 heterocycles. The van der Waals surface area contributed by atoms with Crippen molar-refractivity contribution in [1.29, 1.82) is 0 Å². The number of nitrogens with zero attached hydrogens (tertiary/aromatic N) is 2. The lowest BCUT2D eigenvalue weighted by molar-refractivity contribution is -0.704. The maximum Gasteiger partial charge on any atom is 0.243 e. The number of ether oxygens (including phenoxy) is 1. The summed E-state index contributed by atoms with van der Waals surface area (Å²) < 4.78 is 38.0. The number of unbranched alkanes of at least 4 members (excludes halogenated alkanes) is 11. The van der Waals surface area contributed by atoms with Crippen LogP contribution in [0.25, 0.3) is 0 Å². The molecule has 0 unspecified atom stereocenters. The number of hydrogen-bond acceptors (Lipinski definition) is 3. The van der Waals surface area contributed by atoms with E-state index < -0.39 is 10.0 Å². The SMILES string of the molecule is CCCCCCCCCCCCCCOc1c(Cl)cccc1CN(Cc1cccc[n+]1CCC)S(=O)(=O)c1ccc(C)cc1. The molecule has 0 saturated carbocycles. The van der Waals surface area contributed by atoms with Gasteiger partial charge in [-0.15, -0.1) is 0 Å². The number of aromatic nitrogens is 1. The van der Waals surface area contributed by atoms with Crippen LogP contribution in [0.2, 0.25) is 5.02 Å². The molecule has 0 aliphatic rings. The van der Waals surface area contributed by atoms with Gasteiger partial charge in [-0.3, -0.25) is 0 Å². The molecule has 44 heavy (non-hydrogen) atoms. The van der Waals surface area contributed by atoms with Crippen molar-refractivity contribution in [2.24, 2.45) is 0 Å². The lowest BCUT2D eigenvalue weighted by Crippen LogP contribution is -2.42. The standard InChI is InChI=1S/C37H54ClN2O3S/c1-4-6-7-8-9-10-11-12-13-14-15-18-29-43-37-33(20-19-22-36(37)38)30-40(31-34-21-16-17-28-39(34)27-5-2)44(41,42)35-25-23-32(3)24-26-35/h16-17,19-26,28H,4-15,18,27,29-31H2,1-3H3/q+1. The lowest BCUT2D eigenvalue weighted by Gasteiger charge is -2.23. The summed E-state index contributed by atoms with van der Waals surface area (Å²) in [5.74, 6) is 0.579. The van der Waals surface area contributed by atoms with Crippen LogP contribution < -0.4 is 9.30 Å². The zero-order valence-corrected chi connectivity index (χ0v) is 28.8. The molecule has 0 N–H and O–H groups in total. The van der Waals surface area contributed by atoms with Gasteiger partial charge in [0.05, 0.1) is 23.1 Å². The Bertz CT molecular complexity index is 1350. The van der Waals surface area contributed by atoms with E-state index in [0.717, 1.165) is 42.6 Å². The minimum atomic E-state index is -3.80. The molecule has 2 aromatic carbocycles. The number of halogens is 1. The van der Waals surface area contributed by atoms with Crippen LogP contribution in [0.5, 0.6) is 5.75 Å². The van der Waals surface area contributed by atoms with Crippen LogP contribution in [0.15, 0.2) is 71.8 Å². The summed E-state index contributed by atoms with van der Waals surface area (Å²) in [7, 11) is -3.80. The van der Waals surface area contributed by atoms with Crippen molar-refractivity contribution in [3.8, 4) is 5.75 Å². The molecule has 1 aromatic heterocycles. The smallest absolute Gasteiger partial charge is 0.243 e. The van der Waals surface area contributed by atoms with Crippen LogP contribution in [0.1, 0.15) is 114 Å². The van der Waals surface area contributed by atoms with Gasteiger partial charge in [-0.1, -0.05) is 132 Å². The van der Waals surface area contributed by atoms with Crippen molar-refractivity contribution in [2.75, 3.05) is 6.61 Å². The highest BCUT2D eigenvalue weighted by Gasteiger charge is 2.29. The van der Waals surface area contributed by atoms with E-state index >= 15 is 0 Å². The van der Waals surface area contributed by atoms with Gasteiger partial charge in [-0.05, 0) is 31.5 Å². The van der Waals surface area contributed by atoms with Crippen LogP contribution in [0.3, 0.4) is 0 Å². The van der Waals surface area contributed by atoms with Crippen LogP contribution in [0, 0.1) is 6.92 Å². The lowest BCUT2D eigenvalue weighted by atomic mass is 10.1. The van der Waals surface area contributed by atoms with Crippen LogP contribution in [0.4, 0.5) is 0 Å². The van der Waals surface area contributed by atoms with E-state index in [0.29, 0.717) is 17.4 Å². The van der Waals surface area contributed by atoms with E-state index in [1.54, 1.807) is 16.4 Å². The van der Waals surface area contributed by atoms with E-state index in [1.807, 2.05) is 61.7 Å². The van der Waals surface area contributed by atoms with Gasteiger partial charge in [0, 0.05) is 30.7 Å². The Balaban J connectivity index is 1.64. The summed E-state index contributed by atoms with van der Waals surface area (Å²) >= 11 is 6.64. The number of pyridine rings is 1. The first-order valence-corrected chi connectivity index (χ1v) is 18.6. The Morgan fingerprint density at radius 2 is 1.36 bits per heavy atom. The van der Waals surface area contributed by atoms with Gasteiger partial charge < -0.3 is 4.74 Å². The Labute approximate surface area is 272 Å². The largest absolute Gasteiger partial charge is 0.492 e. The molecule has 0 fully saturated rings. The number of benzene rings is 2. The summed E-state index contributed by atoms with van der Waals surface area (Å²) in [5, 5.41) is 0.509. The highest BCUT2D eigenvalue weighted by Crippen LogP contribution is 2.32. The third-order valence-corrected chi connectivity index (χ3v) is 10.2. The van der Waals surface area contributed by atoms with Gasteiger partial charge in [-0.25, -0.2) is 13.0 Å². The van der Waals surface area contributed by atoms with Crippen molar-refractivity contribution >= 4 is 21.6 Å². The fourth-order valence-corrected chi connectivity index (χ4v) is 7.17. The monoisotopic (exact) mass is 641 g/mol. The summed E-state index contributed by atoms with van der Waals surface area (Å²) in [5.41, 5.74) is 2.72. The first-order chi connectivity index (χ1) is 21.4. The molecule has 0 aliphatic carbocycles. The molecule has 0 bridgehead atoms. The molecule has 0 atom stereocenters. The first kappa shape index (κ1) is 36.1. The summed E-state index contributed by atoms with van der Waals surface area (Å²) in [4.78, 5) is 0.280. The Hall–Kier alpha value is -2.41. The first-order valence-electron chi connectivity index (χ1n) is 16.8. The van der Waals surface area contributed by atoms with E-state index in [4.69, 9.17) is 16.3 Å². The molecule has 0 amide bonds. The minimum Gasteiger partial charge on any atom is -0.492 e. The normalized spacial score (nSPS) is 11.8. The van der Waals surface area contributed by atoms with Crippen LogP contribution >= 0.6 is 11.6 Å². The zero-order chi connectivity index (χ0) is 31.6. The molecule has 7 heteroatoms. The fraction of sp³-hybridized carbons (Fsp3) is 0.541. The minimum absolute atomic E-state index is 0.158. The van der Waals surface area contributed by atoms with Crippen molar-refractivity contribution in [2.45, 2.75) is 129 Å². The summed E-state index contributed by atoms with van der Waals surface area (Å²) in [6.45, 7) is 8.12. The van der Waals surface area contributed by atoms with Crippen molar-refractivity contribution < 1.29 is 17.7 Å². The van der Waals surface area contributed by atoms with Crippen LogP contribution in [-0.4, -0.2) is 19.3 Å². The van der Waals surface area contributed by atoms with Gasteiger partial charge >= 0.3 is 0 Å². The number of rotatable bonds is 22. The Morgan fingerprint density at radius 1 is 0.727 bits per heavy atom. The molecule has 0 saturated heterocycles. The Kier molecular flexibility index (Phi) is 16.3. The maximum absolute atomic E-state index is 14.0. The highest BCUT2D eigenvalue weighted by molar-refractivity contribution is 7.89. The van der Waals surface area contributed by atoms with Gasteiger partial charge in [0.15, 0.2) is 11.9 Å². The van der Waals surface area contributed by atoms with Crippen LogP contribution in [-0.2, 0) is 29.7 Å². The molecule has 0 spiro atoms. The average molecular weight is 642 g/mol. The van der Waals surface area contributed by atoms with E-state index in [1.165, 1.54) is 64.2 Å². The van der Waals surface area contributed by atoms with Crippen molar-refractivity contribution in [3.63, 3.8) is 0 Å². The highest BCUT2D eigenvalue weighted by atomic mass is 35.5. The van der Waals surface area contributed by atoms with Crippen molar-refractivity contribution in [3.05, 3.63) is 88.7 Å². The molecule has 0 radical (unpaired) electrons. The van der Waals surface area contributed by atoms with Gasteiger partial charge in [0.1, 0.15) is 12.3 Å². The second kappa shape index (κ2) is 19.9. The quantitative estimate of drug-likeness (QED) is 0.0810. The van der Waals surface area contributed by atoms with Gasteiger partial charge in [-0.2, -0.15) is 4.31 Å². The molecular weight excluding hydrogens is 588 g/mol. The molecule has 3 aromatic rings. The second-order valence-electron chi connectivity index (χ2n) is 11.9. The number of sulfonamides is 1. The predicted molar refractivity (Wildman–Crippen MR) is 183 cm³/mol. The number of hydrogen-bond donors (Lipinski definition) is 0.